The van der Waals surface area contributed by atoms with Crippen molar-refractivity contribution >= 4 is 11.9 Å². The zero-order valence-corrected chi connectivity index (χ0v) is 12.0. The van der Waals surface area contributed by atoms with Crippen LogP contribution in [-0.2, 0) is 9.59 Å². The number of unbranched alkanes of at least 4 members (excludes halogenated alkanes) is 1. The van der Waals surface area contributed by atoms with Gasteiger partial charge >= 0.3 is 5.97 Å². The molecule has 0 aromatic heterocycles. The molecule has 2 N–H and O–H groups in total. The zero-order chi connectivity index (χ0) is 14.1. The highest BCUT2D eigenvalue weighted by Crippen LogP contribution is 2.16. The fourth-order valence-corrected chi connectivity index (χ4v) is 1.95. The van der Waals surface area contributed by atoms with E-state index >= 15 is 0 Å². The summed E-state index contributed by atoms with van der Waals surface area (Å²) in [6, 6.07) is -0.777. The van der Waals surface area contributed by atoms with Crippen LogP contribution in [0, 0.1) is 11.8 Å². The van der Waals surface area contributed by atoms with Crippen molar-refractivity contribution in [1.82, 2.24) is 5.32 Å². The van der Waals surface area contributed by atoms with Crippen LogP contribution in [0.3, 0.4) is 0 Å². The molecule has 0 bridgehead atoms. The second-order valence-electron chi connectivity index (χ2n) is 5.25. The standard InChI is InChI=1S/C14H27NO3/c1-5-7-8-11(6-2)9-12(16)15-13(10(3)4)14(17)18/h10-11,13H,5-9H2,1-4H3,(H,15,16)(H,17,18)/t11?,13-/m1/s1. The summed E-state index contributed by atoms with van der Waals surface area (Å²) < 4.78 is 0. The van der Waals surface area contributed by atoms with Crippen molar-refractivity contribution in [3.63, 3.8) is 0 Å². The van der Waals surface area contributed by atoms with Crippen LogP contribution in [0.25, 0.3) is 0 Å². The Hall–Kier alpha value is -1.06. The monoisotopic (exact) mass is 257 g/mol. The van der Waals surface area contributed by atoms with Gasteiger partial charge in [-0.3, -0.25) is 4.79 Å². The molecule has 0 saturated carbocycles. The normalized spacial score (nSPS) is 14.3. The Labute approximate surface area is 110 Å². The third-order valence-corrected chi connectivity index (χ3v) is 3.27. The predicted molar refractivity (Wildman–Crippen MR) is 72.3 cm³/mol. The Morgan fingerprint density at radius 2 is 1.83 bits per heavy atom. The second kappa shape index (κ2) is 8.95. The summed E-state index contributed by atoms with van der Waals surface area (Å²) in [5, 5.41) is 11.6. The van der Waals surface area contributed by atoms with Crippen LogP contribution < -0.4 is 5.32 Å². The molecule has 1 amide bonds. The Morgan fingerprint density at radius 3 is 2.22 bits per heavy atom. The molecule has 0 aliphatic carbocycles. The first-order valence-electron chi connectivity index (χ1n) is 6.94. The summed E-state index contributed by atoms with van der Waals surface area (Å²) in [5.74, 6) is -0.826. The maximum Gasteiger partial charge on any atom is 0.326 e. The molecule has 0 aliphatic heterocycles. The third-order valence-electron chi connectivity index (χ3n) is 3.27. The molecule has 106 valence electrons. The number of aliphatic carboxylic acids is 1. The average molecular weight is 257 g/mol. The van der Waals surface area contributed by atoms with Gasteiger partial charge in [0.1, 0.15) is 6.04 Å². The molecule has 18 heavy (non-hydrogen) atoms. The number of carboxylic acid groups (broad SMARTS) is 1. The lowest BCUT2D eigenvalue weighted by atomic mass is 9.95. The number of amides is 1. The quantitative estimate of drug-likeness (QED) is 0.667. The van der Waals surface area contributed by atoms with Crippen LogP contribution >= 0.6 is 0 Å². The van der Waals surface area contributed by atoms with Crippen LogP contribution in [0.1, 0.15) is 59.8 Å². The van der Waals surface area contributed by atoms with Gasteiger partial charge in [0, 0.05) is 6.42 Å². The van der Waals surface area contributed by atoms with Crippen LogP contribution in [0.15, 0.2) is 0 Å². The van der Waals surface area contributed by atoms with E-state index in [1.54, 1.807) is 13.8 Å². The largest absolute Gasteiger partial charge is 0.480 e. The van der Waals surface area contributed by atoms with E-state index in [2.05, 4.69) is 19.2 Å². The number of hydrogen-bond donors (Lipinski definition) is 2. The van der Waals surface area contributed by atoms with Crippen molar-refractivity contribution in [2.45, 2.75) is 65.8 Å². The molecule has 0 aromatic rings. The van der Waals surface area contributed by atoms with Gasteiger partial charge in [0.25, 0.3) is 0 Å². The Kier molecular flexibility index (Phi) is 8.42. The molecule has 1 unspecified atom stereocenters. The van der Waals surface area contributed by atoms with Crippen molar-refractivity contribution in [2.24, 2.45) is 11.8 Å². The summed E-state index contributed by atoms with van der Waals surface area (Å²) in [6.07, 6.45) is 4.69. The highest BCUT2D eigenvalue weighted by Gasteiger charge is 2.24. The maximum atomic E-state index is 11.8. The number of carbonyl (C=O) groups excluding carboxylic acids is 1. The minimum absolute atomic E-state index is 0.0952. The fourth-order valence-electron chi connectivity index (χ4n) is 1.95. The third kappa shape index (κ3) is 6.62. The number of hydrogen-bond acceptors (Lipinski definition) is 2. The Balaban J connectivity index is 4.25. The van der Waals surface area contributed by atoms with Crippen molar-refractivity contribution < 1.29 is 14.7 Å². The van der Waals surface area contributed by atoms with E-state index in [1.165, 1.54) is 0 Å². The molecule has 0 aliphatic rings. The Bertz CT molecular complexity index is 264. The number of nitrogens with one attached hydrogen (secondary N) is 1. The lowest BCUT2D eigenvalue weighted by molar-refractivity contribution is -0.143. The van der Waals surface area contributed by atoms with Gasteiger partial charge in [0.15, 0.2) is 0 Å². The van der Waals surface area contributed by atoms with Gasteiger partial charge in [-0.25, -0.2) is 4.79 Å². The first-order chi connectivity index (χ1) is 8.42. The SMILES string of the molecule is CCCCC(CC)CC(=O)N[C@@H](C(=O)O)C(C)C. The molecule has 0 heterocycles. The first-order valence-corrected chi connectivity index (χ1v) is 6.94. The molecule has 0 aromatic carbocycles. The van der Waals surface area contributed by atoms with E-state index in [4.69, 9.17) is 5.11 Å². The highest BCUT2D eigenvalue weighted by atomic mass is 16.4. The van der Waals surface area contributed by atoms with Gasteiger partial charge in [-0.15, -0.1) is 0 Å². The molecule has 0 saturated heterocycles. The van der Waals surface area contributed by atoms with Gasteiger partial charge in [0.2, 0.25) is 5.91 Å². The van der Waals surface area contributed by atoms with Gasteiger partial charge in [-0.1, -0.05) is 47.0 Å². The van der Waals surface area contributed by atoms with Crippen LogP contribution in [0.5, 0.6) is 0 Å². The molecular formula is C14H27NO3. The molecule has 2 atom stereocenters. The van der Waals surface area contributed by atoms with E-state index < -0.39 is 12.0 Å². The fraction of sp³-hybridized carbons (Fsp3) is 0.857. The number of carboxylic acids is 1. The molecule has 0 rings (SSSR count). The van der Waals surface area contributed by atoms with Crippen LogP contribution in [0.4, 0.5) is 0 Å². The lowest BCUT2D eigenvalue weighted by Crippen LogP contribution is -2.44. The molecule has 0 spiro atoms. The summed E-state index contributed by atoms with van der Waals surface area (Å²) >= 11 is 0. The average Bonchev–Trinajstić information content (AvgIpc) is 2.30. The van der Waals surface area contributed by atoms with E-state index in [0.717, 1.165) is 25.7 Å². The topological polar surface area (TPSA) is 66.4 Å². The molecule has 4 heteroatoms. The lowest BCUT2D eigenvalue weighted by Gasteiger charge is -2.20. The summed E-state index contributed by atoms with van der Waals surface area (Å²) in [7, 11) is 0. The Morgan fingerprint density at radius 1 is 1.22 bits per heavy atom. The molecule has 0 fully saturated rings. The van der Waals surface area contributed by atoms with Gasteiger partial charge < -0.3 is 10.4 Å². The zero-order valence-electron chi connectivity index (χ0n) is 12.0. The van der Waals surface area contributed by atoms with Crippen molar-refractivity contribution in [3.05, 3.63) is 0 Å². The van der Waals surface area contributed by atoms with E-state index in [9.17, 15) is 9.59 Å². The predicted octanol–water partition coefficient (Wildman–Crippen LogP) is 2.82. The van der Waals surface area contributed by atoms with Gasteiger partial charge in [-0.05, 0) is 18.3 Å². The molecule has 4 nitrogen and oxygen atoms in total. The van der Waals surface area contributed by atoms with E-state index in [0.29, 0.717) is 12.3 Å². The molecular weight excluding hydrogens is 230 g/mol. The number of carbonyl (C=O) groups is 2. The van der Waals surface area contributed by atoms with Crippen LogP contribution in [0.2, 0.25) is 0 Å². The van der Waals surface area contributed by atoms with E-state index in [-0.39, 0.29) is 11.8 Å². The number of rotatable bonds is 9. The van der Waals surface area contributed by atoms with Crippen molar-refractivity contribution in [1.29, 1.82) is 0 Å². The summed E-state index contributed by atoms with van der Waals surface area (Å²) in [6.45, 7) is 7.80. The minimum atomic E-state index is -0.958. The smallest absolute Gasteiger partial charge is 0.326 e. The van der Waals surface area contributed by atoms with Gasteiger partial charge in [0.05, 0.1) is 0 Å². The first kappa shape index (κ1) is 16.9. The summed E-state index contributed by atoms with van der Waals surface area (Å²) in [5.41, 5.74) is 0. The van der Waals surface area contributed by atoms with Crippen molar-refractivity contribution in [3.8, 4) is 0 Å². The van der Waals surface area contributed by atoms with Gasteiger partial charge in [-0.2, -0.15) is 0 Å². The second-order valence-corrected chi connectivity index (χ2v) is 5.25. The minimum Gasteiger partial charge on any atom is -0.480 e. The van der Waals surface area contributed by atoms with Crippen molar-refractivity contribution in [2.75, 3.05) is 0 Å². The highest BCUT2D eigenvalue weighted by molar-refractivity contribution is 5.83. The van der Waals surface area contributed by atoms with Crippen LogP contribution in [-0.4, -0.2) is 23.0 Å². The molecule has 0 radical (unpaired) electrons. The van der Waals surface area contributed by atoms with E-state index in [1.807, 2.05) is 0 Å². The maximum absolute atomic E-state index is 11.8. The summed E-state index contributed by atoms with van der Waals surface area (Å²) in [4.78, 5) is 22.8.